The number of hydrogen-bond acceptors (Lipinski definition) is 5. The van der Waals surface area contributed by atoms with E-state index in [0.29, 0.717) is 12.4 Å². The number of hydrogen-bond donors (Lipinski definition) is 1. The molecule has 0 bridgehead atoms. The summed E-state index contributed by atoms with van der Waals surface area (Å²) in [5.74, 6) is 0.684. The molecule has 0 saturated carbocycles. The molecule has 2 aromatic heterocycles. The molecule has 0 radical (unpaired) electrons. The van der Waals surface area contributed by atoms with Gasteiger partial charge in [-0.05, 0) is 25.0 Å². The molecule has 4 rings (SSSR count). The Kier molecular flexibility index (Phi) is 3.61. The van der Waals surface area contributed by atoms with Gasteiger partial charge in [-0.25, -0.2) is 13.4 Å². The van der Waals surface area contributed by atoms with Crippen molar-refractivity contribution in [3.8, 4) is 0 Å². The monoisotopic (exact) mass is 346 g/mol. The van der Waals surface area contributed by atoms with E-state index in [1.807, 2.05) is 24.3 Å². The Morgan fingerprint density at radius 3 is 2.83 bits per heavy atom. The summed E-state index contributed by atoms with van der Waals surface area (Å²) in [6.45, 7) is 0.459. The molecule has 126 valence electrons. The van der Waals surface area contributed by atoms with E-state index < -0.39 is 10.0 Å². The first-order valence-electron chi connectivity index (χ1n) is 7.88. The first-order chi connectivity index (χ1) is 11.6. The molecule has 1 N–H and O–H groups in total. The van der Waals surface area contributed by atoms with E-state index in [9.17, 15) is 8.42 Å². The number of H-pyrrole nitrogens is 1. The molecular weight excluding hydrogens is 328 g/mol. The van der Waals surface area contributed by atoms with E-state index in [0.717, 1.165) is 30.3 Å². The minimum atomic E-state index is -3.70. The van der Waals surface area contributed by atoms with Gasteiger partial charge in [0.05, 0.1) is 23.3 Å². The van der Waals surface area contributed by atoms with Gasteiger partial charge in [-0.1, -0.05) is 18.6 Å². The van der Waals surface area contributed by atoms with Crippen molar-refractivity contribution in [1.82, 2.24) is 29.3 Å². The Morgan fingerprint density at radius 1 is 1.25 bits per heavy atom. The van der Waals surface area contributed by atoms with Crippen LogP contribution < -0.4 is 0 Å². The molecule has 3 heterocycles. The van der Waals surface area contributed by atoms with Crippen LogP contribution in [-0.4, -0.2) is 44.2 Å². The summed E-state index contributed by atoms with van der Waals surface area (Å²) in [4.78, 5) is 9.12. The van der Waals surface area contributed by atoms with Crippen LogP contribution in [0.1, 0.15) is 31.1 Å². The molecule has 1 aromatic carbocycles. The fourth-order valence-electron chi connectivity index (χ4n) is 3.16. The minimum absolute atomic E-state index is 0.0204. The third-order valence-electron chi connectivity index (χ3n) is 4.33. The van der Waals surface area contributed by atoms with E-state index in [4.69, 9.17) is 0 Å². The van der Waals surface area contributed by atoms with E-state index in [-0.39, 0.29) is 11.1 Å². The molecule has 0 amide bonds. The third kappa shape index (κ3) is 2.49. The van der Waals surface area contributed by atoms with Crippen LogP contribution in [0.2, 0.25) is 0 Å². The summed E-state index contributed by atoms with van der Waals surface area (Å²) in [6.07, 6.45) is 3.82. The van der Waals surface area contributed by atoms with Gasteiger partial charge in [0.25, 0.3) is 10.0 Å². The average molecular weight is 346 g/mol. The highest BCUT2D eigenvalue weighted by molar-refractivity contribution is 7.89. The van der Waals surface area contributed by atoms with Gasteiger partial charge in [0.2, 0.25) is 5.03 Å². The van der Waals surface area contributed by atoms with Crippen molar-refractivity contribution in [2.45, 2.75) is 30.3 Å². The lowest BCUT2D eigenvalue weighted by Crippen LogP contribution is -2.39. The van der Waals surface area contributed by atoms with Crippen molar-refractivity contribution in [3.05, 3.63) is 36.3 Å². The van der Waals surface area contributed by atoms with Crippen molar-refractivity contribution in [3.63, 3.8) is 0 Å². The largest absolute Gasteiger partial charge is 0.341 e. The third-order valence-corrected chi connectivity index (χ3v) is 6.10. The standard InChI is InChI=1S/C15H18N6O2S/c1-20-16-10-14(19-20)24(22,23)21-9-5-4-8-13(21)15-17-11-6-2-3-7-12(11)18-15/h2-3,6-7,10,13H,4-5,8-9H2,1H3,(H,17,18). The highest BCUT2D eigenvalue weighted by Crippen LogP contribution is 2.34. The Balaban J connectivity index is 1.75. The number of aryl methyl sites for hydroxylation is 1. The van der Waals surface area contributed by atoms with Crippen molar-refractivity contribution < 1.29 is 8.42 Å². The molecule has 24 heavy (non-hydrogen) atoms. The Labute approximate surface area is 139 Å². The van der Waals surface area contributed by atoms with Gasteiger partial charge in [-0.15, -0.1) is 5.10 Å². The van der Waals surface area contributed by atoms with Crippen LogP contribution >= 0.6 is 0 Å². The zero-order valence-electron chi connectivity index (χ0n) is 13.3. The van der Waals surface area contributed by atoms with Gasteiger partial charge in [0.15, 0.2) is 0 Å². The van der Waals surface area contributed by atoms with Crippen LogP contribution in [0.4, 0.5) is 0 Å². The van der Waals surface area contributed by atoms with Gasteiger partial charge in [-0.3, -0.25) is 0 Å². The van der Waals surface area contributed by atoms with E-state index in [2.05, 4.69) is 20.2 Å². The van der Waals surface area contributed by atoms with E-state index >= 15 is 0 Å². The lowest BCUT2D eigenvalue weighted by Gasteiger charge is -2.32. The number of nitrogens with zero attached hydrogens (tertiary/aromatic N) is 5. The van der Waals surface area contributed by atoms with Crippen molar-refractivity contribution in [2.75, 3.05) is 6.54 Å². The normalized spacial score (nSPS) is 19.8. The van der Waals surface area contributed by atoms with Crippen molar-refractivity contribution >= 4 is 21.1 Å². The first-order valence-corrected chi connectivity index (χ1v) is 9.32. The maximum Gasteiger partial charge on any atom is 0.264 e. The summed E-state index contributed by atoms with van der Waals surface area (Å²) in [7, 11) is -2.09. The quantitative estimate of drug-likeness (QED) is 0.777. The summed E-state index contributed by atoms with van der Waals surface area (Å²) < 4.78 is 27.4. The fourth-order valence-corrected chi connectivity index (χ4v) is 4.71. The highest BCUT2D eigenvalue weighted by atomic mass is 32.2. The average Bonchev–Trinajstić information content (AvgIpc) is 3.21. The molecule has 9 heteroatoms. The molecule has 3 aromatic rings. The van der Waals surface area contributed by atoms with Crippen molar-refractivity contribution in [2.24, 2.45) is 7.05 Å². The number of benzene rings is 1. The van der Waals surface area contributed by atoms with Crippen LogP contribution in [0.3, 0.4) is 0 Å². The summed E-state index contributed by atoms with van der Waals surface area (Å²) >= 11 is 0. The number of para-hydroxylation sites is 2. The topological polar surface area (TPSA) is 96.8 Å². The fraction of sp³-hybridized carbons (Fsp3) is 0.400. The maximum atomic E-state index is 13.0. The summed E-state index contributed by atoms with van der Waals surface area (Å²) in [6, 6.07) is 7.40. The lowest BCUT2D eigenvalue weighted by atomic mass is 10.0. The van der Waals surface area contributed by atoms with Gasteiger partial charge >= 0.3 is 0 Å². The Bertz CT molecular complexity index is 944. The van der Waals surface area contributed by atoms with Gasteiger partial charge in [0, 0.05) is 13.6 Å². The number of piperidine rings is 1. The van der Waals surface area contributed by atoms with Crippen molar-refractivity contribution in [1.29, 1.82) is 0 Å². The number of fused-ring (bicyclic) bond motifs is 1. The molecule has 1 atom stereocenters. The highest BCUT2D eigenvalue weighted by Gasteiger charge is 2.37. The Hall–Kier alpha value is -2.26. The van der Waals surface area contributed by atoms with Crippen LogP contribution in [0, 0.1) is 0 Å². The number of aromatic nitrogens is 5. The summed E-state index contributed by atoms with van der Waals surface area (Å²) in [5.41, 5.74) is 1.75. The van der Waals surface area contributed by atoms with Crippen LogP contribution in [-0.2, 0) is 17.1 Å². The van der Waals surface area contributed by atoms with Gasteiger partial charge in [0.1, 0.15) is 5.82 Å². The molecule has 1 aliphatic heterocycles. The van der Waals surface area contributed by atoms with E-state index in [1.165, 1.54) is 15.3 Å². The molecule has 0 spiro atoms. The summed E-state index contributed by atoms with van der Waals surface area (Å²) in [5, 5.41) is 7.84. The lowest BCUT2D eigenvalue weighted by molar-refractivity contribution is 0.247. The van der Waals surface area contributed by atoms with Crippen LogP contribution in [0.25, 0.3) is 11.0 Å². The Morgan fingerprint density at radius 2 is 2.08 bits per heavy atom. The molecule has 1 unspecified atom stereocenters. The molecule has 8 nitrogen and oxygen atoms in total. The number of sulfonamides is 1. The number of aromatic amines is 1. The molecule has 1 aliphatic rings. The van der Waals surface area contributed by atoms with Gasteiger partial charge in [-0.2, -0.15) is 14.2 Å². The zero-order chi connectivity index (χ0) is 16.7. The predicted octanol–water partition coefficient (Wildman–Crippen LogP) is 1.61. The second-order valence-corrected chi connectivity index (χ2v) is 7.78. The molecule has 0 aliphatic carbocycles. The van der Waals surface area contributed by atoms with Crippen LogP contribution in [0.15, 0.2) is 35.5 Å². The molecule has 1 saturated heterocycles. The first kappa shape index (κ1) is 15.3. The second-order valence-electron chi connectivity index (χ2n) is 5.94. The number of rotatable bonds is 3. The van der Waals surface area contributed by atoms with Gasteiger partial charge < -0.3 is 4.98 Å². The van der Waals surface area contributed by atoms with Crippen LogP contribution in [0.5, 0.6) is 0 Å². The smallest absolute Gasteiger partial charge is 0.264 e. The van der Waals surface area contributed by atoms with E-state index in [1.54, 1.807) is 7.05 Å². The number of nitrogens with one attached hydrogen (secondary N) is 1. The maximum absolute atomic E-state index is 13.0. The SMILES string of the molecule is Cn1ncc(S(=O)(=O)N2CCCCC2c2nc3ccccc3[nH]2)n1. The molecular formula is C15H18N6O2S. The predicted molar refractivity (Wildman–Crippen MR) is 87.6 cm³/mol. The molecule has 1 fully saturated rings. The zero-order valence-corrected chi connectivity index (χ0v) is 14.1. The minimum Gasteiger partial charge on any atom is -0.341 e. The number of imidazole rings is 1. The second kappa shape index (κ2) is 5.67.